The minimum absolute atomic E-state index is 0.298. The molecule has 0 radical (unpaired) electrons. The first-order valence-corrected chi connectivity index (χ1v) is 8.04. The fraction of sp³-hybridized carbons (Fsp3) is 0.875. The predicted molar refractivity (Wildman–Crippen MR) is 84.1 cm³/mol. The zero-order valence-electron chi connectivity index (χ0n) is 13.8. The van der Waals surface area contributed by atoms with E-state index in [9.17, 15) is 14.7 Å². The maximum Gasteiger partial charge on any atom is 0.305 e. The molecule has 0 saturated heterocycles. The number of carbonyl (C=O) groups excluding carboxylic acids is 1. The highest BCUT2D eigenvalue weighted by molar-refractivity contribution is 5.73. The van der Waals surface area contributed by atoms with Crippen molar-refractivity contribution in [2.24, 2.45) is 23.0 Å². The molecule has 5 atom stereocenters. The summed E-state index contributed by atoms with van der Waals surface area (Å²) in [6.07, 6.45) is 3.06. The first kappa shape index (κ1) is 19.1. The van der Waals surface area contributed by atoms with Crippen molar-refractivity contribution in [1.82, 2.24) is 5.32 Å². The lowest BCUT2D eigenvalue weighted by atomic mass is 9.76. The summed E-state index contributed by atoms with van der Waals surface area (Å²) in [4.78, 5) is 21.4. The molecule has 0 aromatic carbocycles. The molecule has 1 saturated carbocycles. The van der Waals surface area contributed by atoms with Crippen molar-refractivity contribution in [2.75, 3.05) is 0 Å². The Bertz CT molecular complexity index is 386. The smallest absolute Gasteiger partial charge is 0.305 e. The van der Waals surface area contributed by atoms with Crippen LogP contribution in [0.25, 0.3) is 0 Å². The lowest BCUT2D eigenvalue weighted by Gasteiger charge is -2.31. The van der Waals surface area contributed by atoms with Gasteiger partial charge in [-0.05, 0) is 42.9 Å². The minimum Gasteiger partial charge on any atom is -0.481 e. The van der Waals surface area contributed by atoms with E-state index in [0.29, 0.717) is 30.0 Å². The number of carbonyl (C=O) groups is 2. The monoisotopic (exact) mass is 314 g/mol. The van der Waals surface area contributed by atoms with Gasteiger partial charge in [-0.3, -0.25) is 10.1 Å². The highest BCUT2D eigenvalue weighted by Gasteiger charge is 2.39. The van der Waals surface area contributed by atoms with E-state index in [0.717, 1.165) is 6.42 Å². The Morgan fingerprint density at radius 3 is 2.59 bits per heavy atom. The number of nitrogens with two attached hydrogens (primary N) is 1. The van der Waals surface area contributed by atoms with Crippen LogP contribution in [0.1, 0.15) is 52.9 Å². The van der Waals surface area contributed by atoms with Crippen LogP contribution in [0.2, 0.25) is 0 Å². The number of carboxylic acids is 1. The SMILES string of the molecule is CC1CCC(C)(C)C1CCC(N)C(O)N[C@@H](C=O)CC(=O)O. The van der Waals surface area contributed by atoms with Crippen molar-refractivity contribution < 1.29 is 19.8 Å². The van der Waals surface area contributed by atoms with E-state index in [1.54, 1.807) is 0 Å². The molecule has 5 N–H and O–H groups in total. The van der Waals surface area contributed by atoms with Gasteiger partial charge in [0.1, 0.15) is 12.5 Å². The molecule has 4 unspecified atom stereocenters. The van der Waals surface area contributed by atoms with Gasteiger partial charge >= 0.3 is 5.97 Å². The molecular formula is C16H30N2O4. The van der Waals surface area contributed by atoms with Crippen LogP contribution in [0.4, 0.5) is 0 Å². The molecule has 0 aromatic heterocycles. The van der Waals surface area contributed by atoms with Crippen LogP contribution < -0.4 is 11.1 Å². The third-order valence-electron chi connectivity index (χ3n) is 5.09. The van der Waals surface area contributed by atoms with Crippen molar-refractivity contribution in [3.63, 3.8) is 0 Å². The molecule has 0 aromatic rings. The van der Waals surface area contributed by atoms with Crippen molar-refractivity contribution >= 4 is 12.3 Å². The number of carboxylic acid groups (broad SMARTS) is 1. The maximum atomic E-state index is 10.8. The van der Waals surface area contributed by atoms with E-state index in [-0.39, 0.29) is 6.42 Å². The first-order chi connectivity index (χ1) is 10.2. The summed E-state index contributed by atoms with van der Waals surface area (Å²) >= 11 is 0. The summed E-state index contributed by atoms with van der Waals surface area (Å²) in [5, 5.41) is 21.3. The quantitative estimate of drug-likeness (QED) is 0.375. The van der Waals surface area contributed by atoms with E-state index in [2.05, 4.69) is 26.1 Å². The van der Waals surface area contributed by atoms with E-state index >= 15 is 0 Å². The fourth-order valence-corrected chi connectivity index (χ4v) is 3.64. The Balaban J connectivity index is 2.45. The van der Waals surface area contributed by atoms with Crippen molar-refractivity contribution in [1.29, 1.82) is 0 Å². The molecule has 6 nitrogen and oxygen atoms in total. The van der Waals surface area contributed by atoms with Gasteiger partial charge in [0.2, 0.25) is 0 Å². The molecule has 22 heavy (non-hydrogen) atoms. The number of aldehydes is 1. The summed E-state index contributed by atoms with van der Waals surface area (Å²) < 4.78 is 0. The number of rotatable bonds is 9. The van der Waals surface area contributed by atoms with Gasteiger partial charge < -0.3 is 20.7 Å². The molecule has 1 aliphatic rings. The fourth-order valence-electron chi connectivity index (χ4n) is 3.64. The van der Waals surface area contributed by atoms with Crippen molar-refractivity contribution in [3.8, 4) is 0 Å². The average molecular weight is 314 g/mol. The van der Waals surface area contributed by atoms with Gasteiger partial charge in [-0.2, -0.15) is 0 Å². The number of aliphatic hydroxyl groups is 1. The summed E-state index contributed by atoms with van der Waals surface area (Å²) in [6, 6.07) is -1.43. The second-order valence-corrected chi connectivity index (χ2v) is 7.30. The van der Waals surface area contributed by atoms with E-state index in [1.165, 1.54) is 12.8 Å². The molecule has 0 aliphatic heterocycles. The number of nitrogens with one attached hydrogen (secondary N) is 1. The third kappa shape index (κ3) is 5.34. The van der Waals surface area contributed by atoms with Crippen LogP contribution in [-0.4, -0.2) is 40.8 Å². The summed E-state index contributed by atoms with van der Waals surface area (Å²) in [5.74, 6) is 0.139. The predicted octanol–water partition coefficient (Wildman–Crippen LogP) is 1.12. The van der Waals surface area contributed by atoms with Crippen molar-refractivity contribution in [2.45, 2.75) is 71.2 Å². The van der Waals surface area contributed by atoms with E-state index in [1.807, 2.05) is 0 Å². The molecule has 1 aliphatic carbocycles. The highest BCUT2D eigenvalue weighted by atomic mass is 16.4. The Labute approximate surface area is 132 Å². The van der Waals surface area contributed by atoms with Gasteiger partial charge in [-0.25, -0.2) is 0 Å². The molecular weight excluding hydrogens is 284 g/mol. The van der Waals surface area contributed by atoms with E-state index in [4.69, 9.17) is 10.8 Å². The second kappa shape index (κ2) is 8.04. The number of hydrogen-bond donors (Lipinski definition) is 4. The van der Waals surface area contributed by atoms with Gasteiger partial charge in [-0.15, -0.1) is 0 Å². The topological polar surface area (TPSA) is 113 Å². The second-order valence-electron chi connectivity index (χ2n) is 7.30. The Morgan fingerprint density at radius 2 is 2.14 bits per heavy atom. The normalized spacial score (nSPS) is 28.0. The minimum atomic E-state index is -1.09. The van der Waals surface area contributed by atoms with Crippen LogP contribution in [0.15, 0.2) is 0 Å². The van der Waals surface area contributed by atoms with Crippen LogP contribution in [0.3, 0.4) is 0 Å². The van der Waals surface area contributed by atoms with Crippen LogP contribution in [-0.2, 0) is 9.59 Å². The van der Waals surface area contributed by atoms with Crippen LogP contribution in [0.5, 0.6) is 0 Å². The number of aliphatic carboxylic acids is 1. The standard InChI is InChI=1S/C16H30N2O4/c1-10-6-7-16(2,3)12(10)4-5-13(17)15(22)18-11(9-19)8-14(20)21/h9-13,15,18,22H,4-8,17H2,1-3H3,(H,20,21)/t10?,11-,12?,13?,15?/m1/s1. The Morgan fingerprint density at radius 1 is 1.50 bits per heavy atom. The summed E-state index contributed by atoms with van der Waals surface area (Å²) in [5.41, 5.74) is 6.29. The third-order valence-corrected chi connectivity index (χ3v) is 5.09. The maximum absolute atomic E-state index is 10.8. The number of hydrogen-bond acceptors (Lipinski definition) is 5. The van der Waals surface area contributed by atoms with Gasteiger partial charge in [0.05, 0.1) is 12.5 Å². The highest BCUT2D eigenvalue weighted by Crippen LogP contribution is 2.48. The Kier molecular flexibility index (Phi) is 6.97. The summed E-state index contributed by atoms with van der Waals surface area (Å²) in [7, 11) is 0. The van der Waals surface area contributed by atoms with Crippen molar-refractivity contribution in [3.05, 3.63) is 0 Å². The molecule has 0 spiro atoms. The molecule has 0 bridgehead atoms. The van der Waals surface area contributed by atoms with E-state index < -0.39 is 24.3 Å². The van der Waals surface area contributed by atoms with Gasteiger partial charge in [-0.1, -0.05) is 20.8 Å². The zero-order valence-corrected chi connectivity index (χ0v) is 13.8. The number of aliphatic hydroxyl groups excluding tert-OH is 1. The summed E-state index contributed by atoms with van der Waals surface area (Å²) in [6.45, 7) is 6.81. The molecule has 0 amide bonds. The molecule has 0 heterocycles. The van der Waals surface area contributed by atoms with Gasteiger partial charge in [0, 0.05) is 6.04 Å². The molecule has 1 rings (SSSR count). The molecule has 6 heteroatoms. The molecule has 128 valence electrons. The van der Waals surface area contributed by atoms with Crippen LogP contribution >= 0.6 is 0 Å². The van der Waals surface area contributed by atoms with Gasteiger partial charge in [0.25, 0.3) is 0 Å². The average Bonchev–Trinajstić information content (AvgIpc) is 2.68. The zero-order chi connectivity index (χ0) is 16.9. The lowest BCUT2D eigenvalue weighted by Crippen LogP contribution is -2.50. The van der Waals surface area contributed by atoms with Crippen LogP contribution in [0, 0.1) is 17.3 Å². The Hall–Kier alpha value is -0.980. The largest absolute Gasteiger partial charge is 0.481 e. The molecule has 1 fully saturated rings. The van der Waals surface area contributed by atoms with Gasteiger partial charge in [0.15, 0.2) is 0 Å². The first-order valence-electron chi connectivity index (χ1n) is 8.04. The lowest BCUT2D eigenvalue weighted by molar-refractivity contribution is -0.138.